The topological polar surface area (TPSA) is 63.1 Å². The van der Waals surface area contributed by atoms with Crippen LogP contribution in [0.2, 0.25) is 0 Å². The normalized spacial score (nSPS) is 13.7. The van der Waals surface area contributed by atoms with Crippen molar-refractivity contribution in [1.29, 1.82) is 0 Å². The summed E-state index contributed by atoms with van der Waals surface area (Å²) in [6, 6.07) is 12.2. The molecular formula is C23H22FN3O2. The van der Waals surface area contributed by atoms with Crippen molar-refractivity contribution in [2.45, 2.75) is 32.7 Å². The van der Waals surface area contributed by atoms with E-state index in [4.69, 9.17) is 0 Å². The molecule has 0 spiro atoms. The molecule has 1 aromatic heterocycles. The predicted octanol–water partition coefficient (Wildman–Crippen LogP) is 4.90. The van der Waals surface area contributed by atoms with Crippen LogP contribution in [0.15, 0.2) is 48.5 Å². The first-order chi connectivity index (χ1) is 13.9. The highest BCUT2D eigenvalue weighted by atomic mass is 19.1. The van der Waals surface area contributed by atoms with Crippen LogP contribution in [-0.4, -0.2) is 16.4 Å². The second kappa shape index (κ2) is 7.54. The molecule has 1 aliphatic heterocycles. The fraction of sp³-hybridized carbons (Fsp3) is 0.217. The van der Waals surface area contributed by atoms with E-state index in [1.807, 2.05) is 32.0 Å². The molecule has 2 N–H and O–H groups in total. The quantitative estimate of drug-likeness (QED) is 0.622. The molecule has 0 fully saturated rings. The van der Waals surface area contributed by atoms with Crippen LogP contribution in [0.4, 0.5) is 15.8 Å². The minimum Gasteiger partial charge on any atom is -0.338 e. The Labute approximate surface area is 168 Å². The smallest absolute Gasteiger partial charge is 0.248 e. The highest BCUT2D eigenvalue weighted by molar-refractivity contribution is 6.03. The number of aromatic nitrogens is 1. The number of amides is 2. The summed E-state index contributed by atoms with van der Waals surface area (Å²) in [7, 11) is 0. The van der Waals surface area contributed by atoms with Gasteiger partial charge in [-0.3, -0.25) is 9.59 Å². The number of carbonyl (C=O) groups excluding carboxylic acids is 2. The Morgan fingerprint density at radius 1 is 1.17 bits per heavy atom. The summed E-state index contributed by atoms with van der Waals surface area (Å²) >= 11 is 0. The average molecular weight is 391 g/mol. The minimum atomic E-state index is -0.286. The zero-order valence-electron chi connectivity index (χ0n) is 16.3. The van der Waals surface area contributed by atoms with E-state index in [0.717, 1.165) is 27.8 Å². The summed E-state index contributed by atoms with van der Waals surface area (Å²) in [4.78, 5) is 24.0. The van der Waals surface area contributed by atoms with E-state index in [2.05, 4.69) is 15.2 Å². The van der Waals surface area contributed by atoms with Gasteiger partial charge in [0.05, 0.1) is 0 Å². The fourth-order valence-electron chi connectivity index (χ4n) is 3.73. The number of anilines is 2. The van der Waals surface area contributed by atoms with Crippen LogP contribution in [0.25, 0.3) is 17.0 Å². The molecule has 0 atom stereocenters. The lowest BCUT2D eigenvalue weighted by atomic mass is 10.0. The summed E-state index contributed by atoms with van der Waals surface area (Å²) in [6.07, 6.45) is 4.37. The highest BCUT2D eigenvalue weighted by Crippen LogP contribution is 2.27. The molecule has 0 saturated carbocycles. The fourth-order valence-corrected chi connectivity index (χ4v) is 3.73. The summed E-state index contributed by atoms with van der Waals surface area (Å²) in [5.41, 5.74) is 4.17. The van der Waals surface area contributed by atoms with E-state index in [9.17, 15) is 14.0 Å². The van der Waals surface area contributed by atoms with E-state index < -0.39 is 0 Å². The van der Waals surface area contributed by atoms with Crippen molar-refractivity contribution in [1.82, 2.24) is 4.57 Å². The van der Waals surface area contributed by atoms with E-state index in [1.54, 1.807) is 18.2 Å². The number of hydrogen-bond donors (Lipinski definition) is 2. The predicted molar refractivity (Wildman–Crippen MR) is 113 cm³/mol. The Morgan fingerprint density at radius 3 is 2.79 bits per heavy atom. The van der Waals surface area contributed by atoms with Crippen LogP contribution in [0, 0.1) is 5.82 Å². The van der Waals surface area contributed by atoms with Crippen molar-refractivity contribution >= 4 is 40.2 Å². The van der Waals surface area contributed by atoms with Gasteiger partial charge in [0, 0.05) is 46.5 Å². The van der Waals surface area contributed by atoms with E-state index in [0.29, 0.717) is 18.5 Å². The van der Waals surface area contributed by atoms with Crippen molar-refractivity contribution in [3.63, 3.8) is 0 Å². The molecule has 5 nitrogen and oxygen atoms in total. The SMILES string of the molecule is CC(C)n1c(/C=C/C(=O)Nc2ccc3c(c2)NC(=O)CC3)cc2cc(F)ccc21. The number of nitrogens with one attached hydrogen (secondary N) is 2. The third-order valence-corrected chi connectivity index (χ3v) is 5.03. The van der Waals surface area contributed by atoms with Gasteiger partial charge in [0.25, 0.3) is 0 Å². The first kappa shape index (κ1) is 18.9. The van der Waals surface area contributed by atoms with Crippen LogP contribution < -0.4 is 10.6 Å². The van der Waals surface area contributed by atoms with Gasteiger partial charge >= 0.3 is 0 Å². The molecule has 1 aliphatic rings. The highest BCUT2D eigenvalue weighted by Gasteiger charge is 2.15. The van der Waals surface area contributed by atoms with Gasteiger partial charge in [0.15, 0.2) is 0 Å². The molecule has 6 heteroatoms. The zero-order chi connectivity index (χ0) is 20.5. The van der Waals surface area contributed by atoms with E-state index in [1.165, 1.54) is 18.2 Å². The van der Waals surface area contributed by atoms with Gasteiger partial charge in [-0.25, -0.2) is 4.39 Å². The van der Waals surface area contributed by atoms with Crippen molar-refractivity contribution in [3.05, 3.63) is 65.6 Å². The minimum absolute atomic E-state index is 0.0150. The summed E-state index contributed by atoms with van der Waals surface area (Å²) in [6.45, 7) is 4.09. The van der Waals surface area contributed by atoms with Crippen molar-refractivity contribution in [3.8, 4) is 0 Å². The average Bonchev–Trinajstić information content (AvgIpc) is 3.03. The molecule has 3 aromatic rings. The summed E-state index contributed by atoms with van der Waals surface area (Å²) in [5, 5.41) is 6.45. The first-order valence-electron chi connectivity index (χ1n) is 9.63. The third kappa shape index (κ3) is 3.92. The van der Waals surface area contributed by atoms with Gasteiger partial charge in [0.1, 0.15) is 5.82 Å². The monoisotopic (exact) mass is 391 g/mol. The molecule has 0 aliphatic carbocycles. The van der Waals surface area contributed by atoms with E-state index >= 15 is 0 Å². The van der Waals surface area contributed by atoms with Gasteiger partial charge in [-0.2, -0.15) is 0 Å². The molecular weight excluding hydrogens is 369 g/mol. The maximum absolute atomic E-state index is 13.6. The van der Waals surface area contributed by atoms with Crippen LogP contribution in [0.3, 0.4) is 0 Å². The second-order valence-corrected chi connectivity index (χ2v) is 7.48. The Kier molecular flexibility index (Phi) is 4.92. The Morgan fingerprint density at radius 2 is 2.00 bits per heavy atom. The van der Waals surface area contributed by atoms with Crippen molar-refractivity contribution in [2.75, 3.05) is 10.6 Å². The lowest BCUT2D eigenvalue weighted by Crippen LogP contribution is -2.19. The van der Waals surface area contributed by atoms with E-state index in [-0.39, 0.29) is 23.7 Å². The summed E-state index contributed by atoms with van der Waals surface area (Å²) in [5.74, 6) is -0.580. The molecule has 4 rings (SSSR count). The standard InChI is InChI=1S/C23H22FN3O2/c1-14(2)27-19(12-16-11-17(24)5-8-21(16)27)7-10-22(28)25-18-6-3-15-4-9-23(29)26-20(15)13-18/h3,5-8,10-14H,4,9H2,1-2H3,(H,25,28)(H,26,29)/b10-7+. The molecule has 29 heavy (non-hydrogen) atoms. The molecule has 2 heterocycles. The van der Waals surface area contributed by atoms with Crippen molar-refractivity contribution < 1.29 is 14.0 Å². The van der Waals surface area contributed by atoms with Gasteiger partial charge in [-0.1, -0.05) is 6.07 Å². The van der Waals surface area contributed by atoms with Gasteiger partial charge in [0.2, 0.25) is 11.8 Å². The van der Waals surface area contributed by atoms with Gasteiger partial charge in [-0.15, -0.1) is 0 Å². The molecule has 0 saturated heterocycles. The maximum atomic E-state index is 13.6. The number of fused-ring (bicyclic) bond motifs is 2. The molecule has 0 bridgehead atoms. The third-order valence-electron chi connectivity index (χ3n) is 5.03. The van der Waals surface area contributed by atoms with Crippen LogP contribution in [0.5, 0.6) is 0 Å². The maximum Gasteiger partial charge on any atom is 0.248 e. The first-order valence-corrected chi connectivity index (χ1v) is 9.63. The van der Waals surface area contributed by atoms with Crippen LogP contribution in [-0.2, 0) is 16.0 Å². The number of rotatable bonds is 4. The van der Waals surface area contributed by atoms with Gasteiger partial charge in [-0.05, 0) is 68.3 Å². The summed E-state index contributed by atoms with van der Waals surface area (Å²) < 4.78 is 15.6. The second-order valence-electron chi connectivity index (χ2n) is 7.48. The Bertz CT molecular complexity index is 1140. The number of aryl methyl sites for hydroxylation is 1. The van der Waals surface area contributed by atoms with Crippen LogP contribution >= 0.6 is 0 Å². The number of hydrogen-bond acceptors (Lipinski definition) is 2. The lowest BCUT2D eigenvalue weighted by molar-refractivity contribution is -0.116. The Hall–Kier alpha value is -3.41. The number of carbonyl (C=O) groups is 2. The van der Waals surface area contributed by atoms with Gasteiger partial charge < -0.3 is 15.2 Å². The molecule has 148 valence electrons. The van der Waals surface area contributed by atoms with Crippen LogP contribution in [0.1, 0.15) is 37.6 Å². The number of halogens is 1. The lowest BCUT2D eigenvalue weighted by Gasteiger charge is -2.17. The largest absolute Gasteiger partial charge is 0.338 e. The molecule has 0 radical (unpaired) electrons. The van der Waals surface area contributed by atoms with Crippen molar-refractivity contribution in [2.24, 2.45) is 0 Å². The molecule has 0 unspecified atom stereocenters. The molecule has 2 amide bonds. The number of nitrogens with zero attached hydrogens (tertiary/aromatic N) is 1. The zero-order valence-corrected chi connectivity index (χ0v) is 16.3. The number of benzene rings is 2. The Balaban J connectivity index is 1.55. The molecule has 2 aromatic carbocycles.